The highest BCUT2D eigenvalue weighted by Gasteiger charge is 2.36. The second-order valence-electron chi connectivity index (χ2n) is 8.29. The Bertz CT molecular complexity index is 1300. The van der Waals surface area contributed by atoms with Gasteiger partial charge in [-0.05, 0) is 46.5 Å². The first-order chi connectivity index (χ1) is 16.0. The van der Waals surface area contributed by atoms with Crippen LogP contribution in [0.4, 0.5) is 10.5 Å². The van der Waals surface area contributed by atoms with Gasteiger partial charge < -0.3 is 5.32 Å². The van der Waals surface area contributed by atoms with E-state index in [4.69, 9.17) is 0 Å². The first kappa shape index (κ1) is 20.8. The van der Waals surface area contributed by atoms with E-state index in [1.165, 1.54) is 0 Å². The minimum absolute atomic E-state index is 0.259. The van der Waals surface area contributed by atoms with Crippen LogP contribution in [0.3, 0.4) is 0 Å². The van der Waals surface area contributed by atoms with Gasteiger partial charge in [0.05, 0.1) is 6.04 Å². The van der Waals surface area contributed by atoms with E-state index < -0.39 is 18.0 Å². The second-order valence-corrected chi connectivity index (χ2v) is 8.29. The quantitative estimate of drug-likeness (QED) is 0.541. The van der Waals surface area contributed by atoms with Gasteiger partial charge in [0.1, 0.15) is 0 Å². The highest BCUT2D eigenvalue weighted by molar-refractivity contribution is 6.09. The number of carbonyl (C=O) groups is 4. The molecule has 8 nitrogen and oxygen atoms in total. The van der Waals surface area contributed by atoms with E-state index in [2.05, 4.69) is 16.0 Å². The van der Waals surface area contributed by atoms with Gasteiger partial charge in [-0.15, -0.1) is 0 Å². The number of anilines is 1. The summed E-state index contributed by atoms with van der Waals surface area (Å²) in [5.41, 5.74) is 2.71. The van der Waals surface area contributed by atoms with E-state index >= 15 is 0 Å². The molecule has 0 bridgehead atoms. The molecule has 1 fully saturated rings. The van der Waals surface area contributed by atoms with Crippen LogP contribution in [-0.4, -0.2) is 34.7 Å². The normalized spacial score (nSPS) is 18.0. The van der Waals surface area contributed by atoms with E-state index in [1.807, 2.05) is 47.4 Å². The van der Waals surface area contributed by atoms with Gasteiger partial charge in [0, 0.05) is 30.8 Å². The maximum absolute atomic E-state index is 12.9. The van der Waals surface area contributed by atoms with Crippen LogP contribution in [0.2, 0.25) is 0 Å². The van der Waals surface area contributed by atoms with Gasteiger partial charge in [-0.1, -0.05) is 42.5 Å². The van der Waals surface area contributed by atoms with Crippen molar-refractivity contribution in [2.75, 3.05) is 5.32 Å². The van der Waals surface area contributed by atoms with E-state index in [1.54, 1.807) is 18.2 Å². The third-order valence-corrected chi connectivity index (χ3v) is 6.14. The summed E-state index contributed by atoms with van der Waals surface area (Å²) in [6.45, 7) is 0.906. The average molecular weight is 442 g/mol. The highest BCUT2D eigenvalue weighted by atomic mass is 16.2. The minimum Gasteiger partial charge on any atom is -0.308 e. The van der Waals surface area contributed by atoms with E-state index in [0.717, 1.165) is 21.9 Å². The standard InChI is InChI=1S/C25H22N4O4/c30-22-11-10-21(24(32)27-22)29-13-17-6-3-7-19(20(17)14-29)23(31)28-25(33)26-18-9-8-15-4-1-2-5-16(15)12-18/h1-9,12,21H,10-11,13-14H2,(H,27,30,32)(H2,26,28,31,33). The number of piperidine rings is 1. The number of urea groups is 1. The molecule has 33 heavy (non-hydrogen) atoms. The summed E-state index contributed by atoms with van der Waals surface area (Å²) in [5.74, 6) is -1.07. The number of nitrogens with zero attached hydrogens (tertiary/aromatic N) is 1. The Morgan fingerprint density at radius 1 is 0.939 bits per heavy atom. The molecule has 2 heterocycles. The number of hydrogen-bond acceptors (Lipinski definition) is 5. The number of carbonyl (C=O) groups excluding carboxylic acids is 4. The number of nitrogens with one attached hydrogen (secondary N) is 3. The molecular weight excluding hydrogens is 420 g/mol. The second kappa shape index (κ2) is 8.48. The van der Waals surface area contributed by atoms with Crippen LogP contribution in [0.5, 0.6) is 0 Å². The van der Waals surface area contributed by atoms with Crippen molar-refractivity contribution in [3.8, 4) is 0 Å². The molecule has 0 aromatic heterocycles. The molecule has 5 rings (SSSR count). The third kappa shape index (κ3) is 4.20. The lowest BCUT2D eigenvalue weighted by Gasteiger charge is -2.29. The van der Waals surface area contributed by atoms with Crippen molar-refractivity contribution >= 4 is 40.2 Å². The van der Waals surface area contributed by atoms with Crippen LogP contribution in [0.25, 0.3) is 10.8 Å². The number of imide groups is 2. The molecule has 3 aromatic rings. The van der Waals surface area contributed by atoms with Crippen molar-refractivity contribution in [1.29, 1.82) is 0 Å². The van der Waals surface area contributed by atoms with Crippen molar-refractivity contribution in [2.45, 2.75) is 32.0 Å². The van der Waals surface area contributed by atoms with Crippen molar-refractivity contribution in [3.05, 3.63) is 77.4 Å². The van der Waals surface area contributed by atoms with Crippen LogP contribution in [-0.2, 0) is 22.7 Å². The minimum atomic E-state index is -0.618. The first-order valence-electron chi connectivity index (χ1n) is 10.8. The topological polar surface area (TPSA) is 108 Å². The van der Waals surface area contributed by atoms with Crippen molar-refractivity contribution in [1.82, 2.24) is 15.5 Å². The number of amides is 5. The highest BCUT2D eigenvalue weighted by Crippen LogP contribution is 2.29. The van der Waals surface area contributed by atoms with Crippen LogP contribution < -0.4 is 16.0 Å². The van der Waals surface area contributed by atoms with Crippen LogP contribution in [0.15, 0.2) is 60.7 Å². The lowest BCUT2D eigenvalue weighted by molar-refractivity contribution is -0.137. The van der Waals surface area contributed by atoms with Gasteiger partial charge in [0.25, 0.3) is 5.91 Å². The van der Waals surface area contributed by atoms with Gasteiger partial charge in [0.15, 0.2) is 0 Å². The number of benzene rings is 3. The molecule has 166 valence electrons. The van der Waals surface area contributed by atoms with Crippen LogP contribution >= 0.6 is 0 Å². The van der Waals surface area contributed by atoms with Gasteiger partial charge in [0.2, 0.25) is 11.8 Å². The molecule has 1 atom stereocenters. The van der Waals surface area contributed by atoms with Gasteiger partial charge in [-0.25, -0.2) is 4.79 Å². The molecule has 3 aromatic carbocycles. The predicted octanol–water partition coefficient (Wildman–Crippen LogP) is 2.92. The molecule has 0 radical (unpaired) electrons. The van der Waals surface area contributed by atoms with Crippen molar-refractivity contribution < 1.29 is 19.2 Å². The average Bonchev–Trinajstić information content (AvgIpc) is 3.22. The monoisotopic (exact) mass is 442 g/mol. The zero-order valence-electron chi connectivity index (χ0n) is 17.8. The Hall–Kier alpha value is -4.04. The summed E-state index contributed by atoms with van der Waals surface area (Å²) in [7, 11) is 0. The van der Waals surface area contributed by atoms with E-state index in [-0.39, 0.29) is 11.8 Å². The van der Waals surface area contributed by atoms with Crippen LogP contribution in [0.1, 0.15) is 34.3 Å². The third-order valence-electron chi connectivity index (χ3n) is 6.14. The Kier molecular flexibility index (Phi) is 5.35. The summed E-state index contributed by atoms with van der Waals surface area (Å²) >= 11 is 0. The Morgan fingerprint density at radius 2 is 1.76 bits per heavy atom. The SMILES string of the molecule is O=C1CCC(N2Cc3cccc(C(=O)NC(=O)Nc4ccc5ccccc5c4)c3C2)C(=O)N1. The molecule has 2 aliphatic heterocycles. The molecule has 5 amide bonds. The summed E-state index contributed by atoms with van der Waals surface area (Å²) in [4.78, 5) is 51.0. The Balaban J connectivity index is 1.27. The fraction of sp³-hybridized carbons (Fsp3) is 0.200. The lowest BCUT2D eigenvalue weighted by atomic mass is 10.0. The molecule has 1 saturated heterocycles. The Labute approximate surface area is 189 Å². The largest absolute Gasteiger partial charge is 0.326 e. The van der Waals surface area contributed by atoms with Gasteiger partial charge in [-0.2, -0.15) is 0 Å². The fourth-order valence-corrected chi connectivity index (χ4v) is 4.51. The van der Waals surface area contributed by atoms with Crippen LogP contribution in [0, 0.1) is 0 Å². The Morgan fingerprint density at radius 3 is 2.58 bits per heavy atom. The van der Waals surface area contributed by atoms with E-state index in [9.17, 15) is 19.2 Å². The van der Waals surface area contributed by atoms with Crippen molar-refractivity contribution in [3.63, 3.8) is 0 Å². The molecular formula is C25H22N4O4. The molecule has 1 unspecified atom stereocenters. The molecule has 0 spiro atoms. The summed E-state index contributed by atoms with van der Waals surface area (Å²) in [5, 5.41) is 9.52. The zero-order valence-corrected chi connectivity index (χ0v) is 17.8. The lowest BCUT2D eigenvalue weighted by Crippen LogP contribution is -2.50. The predicted molar refractivity (Wildman–Crippen MR) is 122 cm³/mol. The first-order valence-corrected chi connectivity index (χ1v) is 10.8. The fourth-order valence-electron chi connectivity index (χ4n) is 4.51. The number of fused-ring (bicyclic) bond motifs is 2. The summed E-state index contributed by atoms with van der Waals surface area (Å²) in [6.07, 6.45) is 0.750. The van der Waals surface area contributed by atoms with Gasteiger partial charge >= 0.3 is 6.03 Å². The van der Waals surface area contributed by atoms with Crippen molar-refractivity contribution in [2.24, 2.45) is 0 Å². The smallest absolute Gasteiger partial charge is 0.308 e. The summed E-state index contributed by atoms with van der Waals surface area (Å²) in [6, 6.07) is 17.6. The maximum atomic E-state index is 12.9. The molecule has 3 N–H and O–H groups in total. The molecule has 8 heteroatoms. The molecule has 2 aliphatic rings. The van der Waals surface area contributed by atoms with Gasteiger partial charge in [-0.3, -0.25) is 29.9 Å². The summed E-state index contributed by atoms with van der Waals surface area (Å²) < 4.78 is 0. The number of hydrogen-bond donors (Lipinski definition) is 3. The molecule has 0 aliphatic carbocycles. The maximum Gasteiger partial charge on any atom is 0.326 e. The molecule has 0 saturated carbocycles. The van der Waals surface area contributed by atoms with E-state index in [0.29, 0.717) is 37.2 Å². The zero-order chi connectivity index (χ0) is 22.9. The number of rotatable bonds is 3.